The first-order valence-electron chi connectivity index (χ1n) is 23.3. The van der Waals surface area contributed by atoms with E-state index in [1.165, 1.54) is 45.0 Å². The van der Waals surface area contributed by atoms with Crippen LogP contribution in [0.2, 0.25) is 19.6 Å². The molecule has 0 bridgehead atoms. The van der Waals surface area contributed by atoms with E-state index in [1.54, 1.807) is 12.4 Å². The van der Waals surface area contributed by atoms with Crippen LogP contribution in [0.15, 0.2) is 146 Å². The number of pyridine rings is 2. The van der Waals surface area contributed by atoms with Crippen LogP contribution in [0.1, 0.15) is 75.6 Å². The Bertz CT molecular complexity index is 3320. The largest absolute Gasteiger partial charge is 0.360 e. The average molecular weight is 1080 g/mol. The maximum atomic E-state index is 14.0. The van der Waals surface area contributed by atoms with Crippen molar-refractivity contribution >= 4 is 56.9 Å². The summed E-state index contributed by atoms with van der Waals surface area (Å²) in [4.78, 5) is 13.9. The van der Waals surface area contributed by atoms with Crippen molar-refractivity contribution < 1.29 is 24.5 Å². The predicted octanol–water partition coefficient (Wildman–Crippen LogP) is 14.9. The van der Waals surface area contributed by atoms with Crippen LogP contribution in [0.5, 0.6) is 0 Å². The Kier molecular flexibility index (Phi) is 13.9. The molecule has 10 rings (SSSR count). The van der Waals surface area contributed by atoms with Crippen molar-refractivity contribution in [3.63, 3.8) is 0 Å². The summed E-state index contributed by atoms with van der Waals surface area (Å²) in [6, 6.07) is 50.2. The van der Waals surface area contributed by atoms with Gasteiger partial charge in [-0.15, -0.1) is 29.8 Å². The van der Waals surface area contributed by atoms with Gasteiger partial charge in [-0.1, -0.05) is 133 Å². The van der Waals surface area contributed by atoms with Crippen LogP contribution in [0.4, 0.5) is 4.39 Å². The molecule has 0 spiro atoms. The van der Waals surface area contributed by atoms with Crippen LogP contribution in [-0.2, 0) is 33.1 Å². The minimum Gasteiger partial charge on any atom is -0.360 e. The molecule has 4 heterocycles. The summed E-state index contributed by atoms with van der Waals surface area (Å²) in [5.74, 6) is 2.12. The number of rotatable bonds is 10. The Labute approximate surface area is 409 Å². The van der Waals surface area contributed by atoms with Crippen molar-refractivity contribution in [2.75, 3.05) is 0 Å². The summed E-state index contributed by atoms with van der Waals surface area (Å²) in [7, 11) is -1.35. The van der Waals surface area contributed by atoms with Gasteiger partial charge in [0.05, 0.1) is 24.9 Å². The molecule has 6 aromatic carbocycles. The van der Waals surface area contributed by atoms with E-state index in [2.05, 4.69) is 196 Å². The van der Waals surface area contributed by atoms with E-state index in [0.717, 1.165) is 79.5 Å². The van der Waals surface area contributed by atoms with Gasteiger partial charge in [0.2, 0.25) is 0 Å². The molecule has 0 unspecified atom stereocenters. The van der Waals surface area contributed by atoms with E-state index in [1.807, 2.05) is 18.2 Å². The molecule has 0 saturated heterocycles. The number of hydrogen-bond acceptors (Lipinski definition) is 3. The second-order valence-electron chi connectivity index (χ2n) is 19.6. The molecule has 341 valence electrons. The Hall–Kier alpha value is -6.05. The first-order chi connectivity index (χ1) is 31.7. The number of halogens is 1. The van der Waals surface area contributed by atoms with E-state index < -0.39 is 8.07 Å². The van der Waals surface area contributed by atoms with Gasteiger partial charge in [-0.2, -0.15) is 11.6 Å². The molecular formula is C59H58FIrN5Si-2. The summed E-state index contributed by atoms with van der Waals surface area (Å²) >= 11 is 0. The Balaban J connectivity index is 0.000000244. The molecule has 10 aromatic rings. The molecule has 0 aliphatic rings. The van der Waals surface area contributed by atoms with Gasteiger partial charge < -0.3 is 14.1 Å². The molecule has 67 heavy (non-hydrogen) atoms. The van der Waals surface area contributed by atoms with Gasteiger partial charge in [-0.05, 0) is 134 Å². The number of hydrogen-bond donors (Lipinski definition) is 0. The Morgan fingerprint density at radius 2 is 1.34 bits per heavy atom. The monoisotopic (exact) mass is 1080 g/mol. The van der Waals surface area contributed by atoms with Crippen molar-refractivity contribution in [3.8, 4) is 28.3 Å². The molecule has 5 nitrogen and oxygen atoms in total. The van der Waals surface area contributed by atoms with E-state index in [0.29, 0.717) is 17.8 Å². The quantitative estimate of drug-likeness (QED) is 0.101. The molecule has 0 amide bonds. The van der Waals surface area contributed by atoms with Crippen molar-refractivity contribution in [2.24, 2.45) is 5.92 Å². The van der Waals surface area contributed by atoms with Crippen LogP contribution < -0.4 is 5.19 Å². The zero-order valence-electron chi connectivity index (χ0n) is 40.0. The topological polar surface area (TPSA) is 48.5 Å². The molecule has 0 saturated carbocycles. The standard InChI is InChI=1S/C42H35FN3.C17H23N2Si.Ir/c1-26(2)33-12-9-13-34(27(3)4)37(33)25-45-40-15-8-7-14-38(40)44-42(45)30-16-21-39-35(23-30)36-22-28-10-5-6-11-29(28)24-41(36)46(39)32-19-17-31(43)18-20-32;1-13(2)10-15-11-16(14-6-8-18-9-7-14)19-12-17(15)20(3,4)5;/h5-15,17-24,26-27H,25H2,1-4H3;6,8-9,11-13H,10H2,1-5H3;/q2*-1;. The summed E-state index contributed by atoms with van der Waals surface area (Å²) in [6.07, 6.45) is 6.70. The van der Waals surface area contributed by atoms with E-state index >= 15 is 0 Å². The second-order valence-corrected chi connectivity index (χ2v) is 24.7. The molecule has 1 radical (unpaired) electrons. The maximum Gasteiger partial charge on any atom is 0.123 e. The van der Waals surface area contributed by atoms with E-state index in [4.69, 9.17) is 4.98 Å². The maximum absolute atomic E-state index is 14.0. The van der Waals surface area contributed by atoms with Gasteiger partial charge in [0, 0.05) is 44.1 Å². The third kappa shape index (κ3) is 9.71. The third-order valence-electron chi connectivity index (χ3n) is 12.7. The van der Waals surface area contributed by atoms with Gasteiger partial charge in [-0.3, -0.25) is 9.97 Å². The third-order valence-corrected chi connectivity index (χ3v) is 14.7. The van der Waals surface area contributed by atoms with Crippen molar-refractivity contribution in [1.82, 2.24) is 24.1 Å². The van der Waals surface area contributed by atoms with Crippen molar-refractivity contribution in [3.05, 3.63) is 186 Å². The smallest absolute Gasteiger partial charge is 0.123 e. The SMILES string of the molecule is CC(C)Cc1cc(-c2[c-]cncc2)ncc1[Si](C)(C)C.CC(C)c1cccc(C(C)C)c1Cn1c(-c2[c-]cc3c(c2)c2cc4ccccc4cc2n3-c2ccc(F)cc2)nc2ccccc21.[Ir]. The summed E-state index contributed by atoms with van der Waals surface area (Å²) in [5.41, 5.74) is 13.6. The van der Waals surface area contributed by atoms with Crippen molar-refractivity contribution in [1.29, 1.82) is 0 Å². The van der Waals surface area contributed by atoms with E-state index in [-0.39, 0.29) is 25.9 Å². The Morgan fingerprint density at radius 3 is 2.00 bits per heavy atom. The van der Waals surface area contributed by atoms with Crippen LogP contribution in [0.3, 0.4) is 0 Å². The van der Waals surface area contributed by atoms with Gasteiger partial charge in [0.25, 0.3) is 0 Å². The number of para-hydroxylation sites is 2. The van der Waals surface area contributed by atoms with Gasteiger partial charge in [0.1, 0.15) is 5.82 Å². The molecule has 0 atom stereocenters. The molecule has 0 aliphatic carbocycles. The van der Waals surface area contributed by atoms with Gasteiger partial charge >= 0.3 is 0 Å². The van der Waals surface area contributed by atoms with Crippen LogP contribution in [0, 0.1) is 23.9 Å². The van der Waals surface area contributed by atoms with Crippen LogP contribution >= 0.6 is 0 Å². The fourth-order valence-corrected chi connectivity index (χ4v) is 11.1. The number of aromatic nitrogens is 5. The van der Waals surface area contributed by atoms with Crippen LogP contribution in [0.25, 0.3) is 71.9 Å². The number of fused-ring (bicyclic) bond motifs is 5. The zero-order valence-corrected chi connectivity index (χ0v) is 43.3. The Morgan fingerprint density at radius 1 is 0.672 bits per heavy atom. The molecule has 8 heteroatoms. The minimum absolute atomic E-state index is 0. The van der Waals surface area contributed by atoms with Gasteiger partial charge in [0.15, 0.2) is 0 Å². The predicted molar refractivity (Wildman–Crippen MR) is 277 cm³/mol. The van der Waals surface area contributed by atoms with E-state index in [9.17, 15) is 4.39 Å². The van der Waals surface area contributed by atoms with Crippen LogP contribution in [-0.4, -0.2) is 32.2 Å². The van der Waals surface area contributed by atoms with Gasteiger partial charge in [-0.25, -0.2) is 4.39 Å². The minimum atomic E-state index is -1.35. The fraction of sp³-hybridized carbons (Fsp3) is 0.237. The molecule has 0 fully saturated rings. The second kappa shape index (κ2) is 19.7. The molecular weight excluding hydrogens is 1020 g/mol. The molecule has 0 N–H and O–H groups in total. The molecule has 0 aliphatic heterocycles. The normalized spacial score (nSPS) is 11.8. The summed E-state index contributed by atoms with van der Waals surface area (Å²) in [5, 5.41) is 6.08. The molecule has 4 aromatic heterocycles. The number of nitrogens with zero attached hydrogens (tertiary/aromatic N) is 5. The fourth-order valence-electron chi connectivity index (χ4n) is 9.53. The summed E-state index contributed by atoms with van der Waals surface area (Å²) in [6.45, 7) is 21.5. The first kappa shape index (κ1) is 47.4. The average Bonchev–Trinajstić information content (AvgIpc) is 3.83. The zero-order chi connectivity index (χ0) is 46.3. The number of benzene rings is 6. The van der Waals surface area contributed by atoms with Crippen molar-refractivity contribution in [2.45, 2.75) is 86.0 Å². The summed E-state index contributed by atoms with van der Waals surface area (Å²) < 4.78 is 18.6. The first-order valence-corrected chi connectivity index (χ1v) is 26.8. The number of imidazole rings is 1.